The highest BCUT2D eigenvalue weighted by Crippen LogP contribution is 2.46. The van der Waals surface area contributed by atoms with Crippen molar-refractivity contribution in [2.75, 3.05) is 0 Å². The van der Waals surface area contributed by atoms with Crippen molar-refractivity contribution in [2.24, 2.45) is 0 Å². The van der Waals surface area contributed by atoms with Crippen LogP contribution in [-0.4, -0.2) is 19.6 Å². The molecule has 0 radical (unpaired) electrons. The molecular formula is C61H59N3O. The van der Waals surface area contributed by atoms with E-state index < -0.39 is 53.3 Å². The van der Waals surface area contributed by atoms with Gasteiger partial charge in [0, 0.05) is 28.4 Å². The van der Waals surface area contributed by atoms with Crippen LogP contribution in [0.3, 0.4) is 0 Å². The molecule has 4 heteroatoms. The van der Waals surface area contributed by atoms with Gasteiger partial charge in [-0.3, -0.25) is 9.55 Å². The fraction of sp³-hybridized carbons (Fsp3) is 0.213. The number of benzene rings is 7. The molecule has 2 aromatic heterocycles. The van der Waals surface area contributed by atoms with E-state index in [1.54, 1.807) is 0 Å². The Morgan fingerprint density at radius 3 is 1.80 bits per heavy atom. The van der Waals surface area contributed by atoms with Crippen LogP contribution >= 0.6 is 0 Å². The summed E-state index contributed by atoms with van der Waals surface area (Å²) < 4.78 is 72.1. The highest BCUT2D eigenvalue weighted by atomic mass is 16.3. The first-order valence-corrected chi connectivity index (χ1v) is 22.1. The fourth-order valence-corrected chi connectivity index (χ4v) is 8.53. The van der Waals surface area contributed by atoms with Crippen molar-refractivity contribution in [3.8, 4) is 78.6 Å². The first-order valence-electron chi connectivity index (χ1n) is 26.1. The number of imidazole rings is 1. The zero-order chi connectivity index (χ0) is 52.8. The van der Waals surface area contributed by atoms with Gasteiger partial charge < -0.3 is 5.11 Å². The number of phenolic OH excluding ortho intramolecular Hbond substituents is 1. The van der Waals surface area contributed by atoms with Crippen LogP contribution in [0.1, 0.15) is 95.5 Å². The molecule has 0 aliphatic carbocycles. The average molecular weight is 858 g/mol. The maximum absolute atomic E-state index is 12.7. The number of para-hydroxylation sites is 1. The van der Waals surface area contributed by atoms with E-state index in [1.807, 2.05) is 66.7 Å². The van der Waals surface area contributed by atoms with E-state index in [1.165, 1.54) is 0 Å². The Labute approximate surface area is 396 Å². The van der Waals surface area contributed by atoms with E-state index in [9.17, 15) is 6.48 Å². The lowest BCUT2D eigenvalue weighted by Gasteiger charge is -2.28. The second-order valence-electron chi connectivity index (χ2n) is 20.0. The van der Waals surface area contributed by atoms with Crippen molar-refractivity contribution in [1.82, 2.24) is 14.5 Å². The van der Waals surface area contributed by atoms with E-state index >= 15 is 0 Å². The van der Waals surface area contributed by atoms with Gasteiger partial charge in [-0.25, -0.2) is 4.98 Å². The summed E-state index contributed by atoms with van der Waals surface area (Å²) in [6.45, 7) is 21.2. The molecule has 0 spiro atoms. The fourth-order valence-electron chi connectivity index (χ4n) is 8.53. The van der Waals surface area contributed by atoms with Crippen LogP contribution in [0, 0.1) is 6.92 Å². The monoisotopic (exact) mass is 858 g/mol. The van der Waals surface area contributed by atoms with Crippen LogP contribution in [0.4, 0.5) is 0 Å². The Bertz CT molecular complexity index is 3650. The van der Waals surface area contributed by atoms with Crippen LogP contribution in [-0.2, 0) is 16.2 Å². The lowest BCUT2D eigenvalue weighted by atomic mass is 9.79. The molecule has 0 bridgehead atoms. The summed E-state index contributed by atoms with van der Waals surface area (Å²) in [5.41, 5.74) is 10.8. The molecule has 324 valence electrons. The van der Waals surface area contributed by atoms with Crippen molar-refractivity contribution >= 4 is 11.0 Å². The van der Waals surface area contributed by atoms with E-state index in [-0.39, 0.29) is 34.0 Å². The number of nitrogens with zero attached hydrogens (tertiary/aromatic N) is 3. The lowest BCUT2D eigenvalue weighted by Crippen LogP contribution is -2.17. The van der Waals surface area contributed by atoms with Gasteiger partial charge in [0.15, 0.2) is 0 Å². The molecule has 9 rings (SSSR count). The topological polar surface area (TPSA) is 50.9 Å². The molecule has 0 amide bonds. The third-order valence-corrected chi connectivity index (χ3v) is 12.2. The van der Waals surface area contributed by atoms with Gasteiger partial charge in [0.2, 0.25) is 0 Å². The zero-order valence-electron chi connectivity index (χ0n) is 46.8. The zero-order valence-corrected chi connectivity index (χ0v) is 38.8. The second kappa shape index (κ2) is 16.5. The summed E-state index contributed by atoms with van der Waals surface area (Å²) in [6, 6.07) is 37.3. The van der Waals surface area contributed by atoms with Gasteiger partial charge in [0.05, 0.1) is 38.9 Å². The molecule has 65 heavy (non-hydrogen) atoms. The first kappa shape index (κ1) is 34.4. The molecule has 0 saturated heterocycles. The number of aromatic nitrogens is 3. The van der Waals surface area contributed by atoms with Crippen LogP contribution in [0.5, 0.6) is 5.75 Å². The summed E-state index contributed by atoms with van der Waals surface area (Å²) in [6.07, 6.45) is -0.505. The predicted octanol–water partition coefficient (Wildman–Crippen LogP) is 16.3. The number of fused-ring (bicyclic) bond motifs is 1. The van der Waals surface area contributed by atoms with Gasteiger partial charge in [-0.15, -0.1) is 0 Å². The van der Waals surface area contributed by atoms with Gasteiger partial charge in [-0.05, 0) is 122 Å². The van der Waals surface area contributed by atoms with E-state index in [2.05, 4.69) is 133 Å². The molecule has 4 nitrogen and oxygen atoms in total. The number of hydrogen-bond acceptors (Lipinski definition) is 3. The molecule has 0 atom stereocenters. The van der Waals surface area contributed by atoms with Gasteiger partial charge in [0.1, 0.15) is 11.6 Å². The van der Waals surface area contributed by atoms with Gasteiger partial charge in [-0.1, -0.05) is 177 Å². The summed E-state index contributed by atoms with van der Waals surface area (Å²) >= 11 is 0. The molecule has 0 saturated carbocycles. The molecular weight excluding hydrogens is 791 g/mol. The quantitative estimate of drug-likeness (QED) is 0.174. The smallest absolute Gasteiger partial charge is 0.149 e. The van der Waals surface area contributed by atoms with E-state index in [0.29, 0.717) is 22.5 Å². The Balaban J connectivity index is 1.41. The Kier molecular flexibility index (Phi) is 8.73. The summed E-state index contributed by atoms with van der Waals surface area (Å²) in [7, 11) is 0. The molecule has 0 aliphatic heterocycles. The molecule has 0 fully saturated rings. The predicted molar refractivity (Wildman–Crippen MR) is 274 cm³/mol. The van der Waals surface area contributed by atoms with Crippen molar-refractivity contribution < 1.29 is 16.1 Å². The minimum atomic E-state index is -0.602. The van der Waals surface area contributed by atoms with Crippen LogP contribution in [0.2, 0.25) is 0 Å². The van der Waals surface area contributed by atoms with Crippen molar-refractivity contribution in [3.63, 3.8) is 0 Å². The summed E-state index contributed by atoms with van der Waals surface area (Å²) in [5.74, 6) is 0.673. The maximum atomic E-state index is 12.7. The number of rotatable bonds is 7. The summed E-state index contributed by atoms with van der Waals surface area (Å²) in [5, 5.41) is 12.7. The number of phenols is 1. The van der Waals surface area contributed by atoms with Crippen molar-refractivity contribution in [2.45, 2.75) is 85.5 Å². The molecule has 9 aromatic rings. The molecule has 0 aliphatic rings. The second-order valence-corrected chi connectivity index (χ2v) is 20.0. The van der Waals surface area contributed by atoms with Crippen LogP contribution in [0.15, 0.2) is 170 Å². The molecule has 2 heterocycles. The lowest BCUT2D eigenvalue weighted by molar-refractivity contribution is 0.446. The maximum Gasteiger partial charge on any atom is 0.149 e. The van der Waals surface area contributed by atoms with Gasteiger partial charge in [0.25, 0.3) is 0 Å². The number of hydrogen-bond donors (Lipinski definition) is 1. The Hall–Kier alpha value is -7.04. The highest BCUT2D eigenvalue weighted by molar-refractivity contribution is 5.98. The minimum Gasteiger partial charge on any atom is -0.507 e. The van der Waals surface area contributed by atoms with E-state index in [4.69, 9.17) is 14.6 Å². The Morgan fingerprint density at radius 2 is 1.15 bits per heavy atom. The third-order valence-electron chi connectivity index (χ3n) is 12.2. The van der Waals surface area contributed by atoms with Gasteiger partial charge in [-0.2, -0.15) is 0 Å². The normalized spacial score (nSPS) is 13.9. The van der Waals surface area contributed by atoms with Crippen LogP contribution in [0.25, 0.3) is 83.9 Å². The molecule has 7 aromatic carbocycles. The van der Waals surface area contributed by atoms with E-state index in [0.717, 1.165) is 66.8 Å². The number of aryl methyl sites for hydroxylation is 1. The average Bonchev–Trinajstić information content (AvgIpc) is 3.73. The van der Waals surface area contributed by atoms with Crippen LogP contribution < -0.4 is 0 Å². The standard InChI is InChI=1S/C61H59N3O/c1-39-31-50(42-25-18-13-19-26-42)55(38-49(39)41-23-16-12-17-24-41)64-54-28-20-27-48(56(54)63-58(64)51-36-47(60(5,6)7)37-52(57(51)65)61(8,9)10)44-32-45(34-46(33-44)59(2,3)4)53-35-43(29-30-62-53)40-21-14-11-15-22-40/h11-38,65H,1-10H3/i11D,14D,15D,21D,22D,29D,30D,35D. The third kappa shape index (κ3) is 8.42. The Morgan fingerprint density at radius 1 is 0.523 bits per heavy atom. The first-order chi connectivity index (χ1) is 34.3. The number of aromatic hydroxyl groups is 1. The molecule has 1 N–H and O–H groups in total. The SMILES string of the molecule is [2H]c1nc(-c2cc(-c3cccc4c3nc(-c3cc(C(C)(C)C)cc(C(C)(C)C)c3O)n4-c3cc(-c4ccccc4)c(C)cc3-c3ccccc3)cc(C(C)(C)C)c2)c([2H])c(-c2c([2H])c([2H])c([2H])c([2H])c2[2H])c1[2H]. The summed E-state index contributed by atoms with van der Waals surface area (Å²) in [4.78, 5) is 10.1. The highest BCUT2D eigenvalue weighted by Gasteiger charge is 2.30. The van der Waals surface area contributed by atoms with Crippen molar-refractivity contribution in [3.05, 3.63) is 192 Å². The largest absolute Gasteiger partial charge is 0.507 e. The minimum absolute atomic E-state index is 0.0211. The van der Waals surface area contributed by atoms with Crippen molar-refractivity contribution in [1.29, 1.82) is 0 Å². The number of pyridine rings is 1. The van der Waals surface area contributed by atoms with Gasteiger partial charge >= 0.3 is 0 Å². The molecule has 0 unspecified atom stereocenters.